The molecule has 0 saturated carbocycles. The number of furan rings is 1. The SMILES string of the molecule is O=C(Nc1ccccc1-c1cn2c(n1)CCCC2)c1cc(-c2ccco2)on1. The molecule has 1 N–H and O–H groups in total. The Morgan fingerprint density at radius 2 is 2.04 bits per heavy atom. The molecule has 4 aromatic rings. The topological polar surface area (TPSA) is 86.1 Å². The minimum atomic E-state index is -0.349. The highest BCUT2D eigenvalue weighted by atomic mass is 16.5. The molecule has 1 aliphatic heterocycles. The summed E-state index contributed by atoms with van der Waals surface area (Å²) in [6.07, 6.45) is 6.93. The van der Waals surface area contributed by atoms with Crippen LogP contribution in [0.1, 0.15) is 29.2 Å². The highest BCUT2D eigenvalue weighted by Gasteiger charge is 2.19. The number of imidazole rings is 1. The van der Waals surface area contributed by atoms with Crippen molar-refractivity contribution >= 4 is 11.6 Å². The zero-order valence-electron chi connectivity index (χ0n) is 15.1. The van der Waals surface area contributed by atoms with Gasteiger partial charge in [-0.2, -0.15) is 0 Å². The monoisotopic (exact) mass is 374 g/mol. The second kappa shape index (κ2) is 6.84. The van der Waals surface area contributed by atoms with Gasteiger partial charge in [0.15, 0.2) is 11.5 Å². The van der Waals surface area contributed by atoms with Crippen LogP contribution in [0.15, 0.2) is 63.9 Å². The molecular formula is C21H18N4O3. The number of anilines is 1. The highest BCUT2D eigenvalue weighted by Crippen LogP contribution is 2.29. The van der Waals surface area contributed by atoms with Crippen molar-refractivity contribution in [2.24, 2.45) is 0 Å². The van der Waals surface area contributed by atoms with E-state index in [0.29, 0.717) is 17.2 Å². The van der Waals surface area contributed by atoms with E-state index in [1.807, 2.05) is 24.3 Å². The van der Waals surface area contributed by atoms with Crippen molar-refractivity contribution in [1.29, 1.82) is 0 Å². The standard InChI is InChI=1S/C21H18N4O3/c26-21(16-12-19(28-24-16)18-8-5-11-27-18)23-15-7-2-1-6-14(15)17-13-25-10-4-3-9-20(25)22-17/h1-2,5-8,11-13H,3-4,9-10H2,(H,23,26). The van der Waals surface area contributed by atoms with Crippen molar-refractivity contribution in [1.82, 2.24) is 14.7 Å². The quantitative estimate of drug-likeness (QED) is 0.573. The number of benzene rings is 1. The normalized spacial score (nSPS) is 13.3. The lowest BCUT2D eigenvalue weighted by molar-refractivity contribution is 0.101. The van der Waals surface area contributed by atoms with Crippen molar-refractivity contribution in [3.8, 4) is 22.8 Å². The molecule has 0 radical (unpaired) electrons. The maximum absolute atomic E-state index is 12.7. The third-order valence-electron chi connectivity index (χ3n) is 4.87. The summed E-state index contributed by atoms with van der Waals surface area (Å²) in [6, 6.07) is 12.7. The van der Waals surface area contributed by atoms with Crippen molar-refractivity contribution in [3.05, 3.63) is 66.4 Å². The largest absolute Gasteiger partial charge is 0.461 e. The van der Waals surface area contributed by atoms with E-state index < -0.39 is 0 Å². The lowest BCUT2D eigenvalue weighted by Gasteiger charge is -2.11. The zero-order chi connectivity index (χ0) is 18.9. The van der Waals surface area contributed by atoms with E-state index in [1.165, 1.54) is 19.1 Å². The van der Waals surface area contributed by atoms with Gasteiger partial charge in [0.2, 0.25) is 5.76 Å². The molecule has 5 rings (SSSR count). The lowest BCUT2D eigenvalue weighted by atomic mass is 10.1. The molecule has 28 heavy (non-hydrogen) atoms. The maximum atomic E-state index is 12.7. The molecule has 0 bridgehead atoms. The second-order valence-electron chi connectivity index (χ2n) is 6.75. The Morgan fingerprint density at radius 1 is 1.11 bits per heavy atom. The number of aromatic nitrogens is 3. The van der Waals surface area contributed by atoms with Gasteiger partial charge in [-0.25, -0.2) is 4.98 Å². The first-order valence-corrected chi connectivity index (χ1v) is 9.25. The van der Waals surface area contributed by atoms with Crippen molar-refractivity contribution in [3.63, 3.8) is 0 Å². The maximum Gasteiger partial charge on any atom is 0.277 e. The van der Waals surface area contributed by atoms with Gasteiger partial charge >= 0.3 is 0 Å². The van der Waals surface area contributed by atoms with Gasteiger partial charge in [0, 0.05) is 30.8 Å². The van der Waals surface area contributed by atoms with Gasteiger partial charge in [-0.05, 0) is 31.0 Å². The predicted molar refractivity (Wildman–Crippen MR) is 103 cm³/mol. The summed E-state index contributed by atoms with van der Waals surface area (Å²) in [5.41, 5.74) is 2.62. The lowest BCUT2D eigenvalue weighted by Crippen LogP contribution is -2.12. The van der Waals surface area contributed by atoms with Crippen LogP contribution in [0.2, 0.25) is 0 Å². The molecule has 0 unspecified atom stereocenters. The minimum absolute atomic E-state index is 0.185. The molecule has 0 fully saturated rings. The number of fused-ring (bicyclic) bond motifs is 1. The third kappa shape index (κ3) is 3.00. The molecule has 4 heterocycles. The molecule has 0 saturated heterocycles. The van der Waals surface area contributed by atoms with Gasteiger partial charge in [-0.1, -0.05) is 23.4 Å². The molecule has 7 nitrogen and oxygen atoms in total. The van der Waals surface area contributed by atoms with Crippen LogP contribution in [-0.2, 0) is 13.0 Å². The van der Waals surface area contributed by atoms with Crippen LogP contribution in [0.25, 0.3) is 22.8 Å². The Balaban J connectivity index is 1.41. The molecule has 3 aromatic heterocycles. The van der Waals surface area contributed by atoms with E-state index >= 15 is 0 Å². The second-order valence-corrected chi connectivity index (χ2v) is 6.75. The van der Waals surface area contributed by atoms with Crippen molar-refractivity contribution in [2.75, 3.05) is 5.32 Å². The van der Waals surface area contributed by atoms with E-state index in [4.69, 9.17) is 13.9 Å². The Kier molecular flexibility index (Phi) is 4.05. The molecule has 1 amide bonds. The number of rotatable bonds is 4. The Hall–Kier alpha value is -3.61. The number of amides is 1. The number of carbonyl (C=O) groups is 1. The first-order chi connectivity index (χ1) is 13.8. The Labute approximate surface area is 161 Å². The molecule has 140 valence electrons. The fraction of sp³-hybridized carbons (Fsp3) is 0.190. The van der Waals surface area contributed by atoms with E-state index in [2.05, 4.69) is 21.2 Å². The summed E-state index contributed by atoms with van der Waals surface area (Å²) in [7, 11) is 0. The summed E-state index contributed by atoms with van der Waals surface area (Å²) in [5, 5.41) is 6.78. The minimum Gasteiger partial charge on any atom is -0.461 e. The van der Waals surface area contributed by atoms with Crippen LogP contribution >= 0.6 is 0 Å². The van der Waals surface area contributed by atoms with E-state index in [0.717, 1.165) is 30.0 Å². The average Bonchev–Trinajstić information content (AvgIpc) is 3.47. The summed E-state index contributed by atoms with van der Waals surface area (Å²) < 4.78 is 12.7. The molecule has 7 heteroatoms. The molecule has 0 aliphatic carbocycles. The molecular weight excluding hydrogens is 356 g/mol. The smallest absolute Gasteiger partial charge is 0.277 e. The average molecular weight is 374 g/mol. The van der Waals surface area contributed by atoms with Gasteiger partial charge < -0.3 is 18.8 Å². The van der Waals surface area contributed by atoms with Crippen LogP contribution in [0.4, 0.5) is 5.69 Å². The van der Waals surface area contributed by atoms with Gasteiger partial charge in [0.25, 0.3) is 5.91 Å². The number of aryl methyl sites for hydroxylation is 2. The molecule has 1 aromatic carbocycles. The van der Waals surface area contributed by atoms with Crippen molar-refractivity contribution in [2.45, 2.75) is 25.8 Å². The first-order valence-electron chi connectivity index (χ1n) is 9.25. The fourth-order valence-electron chi connectivity index (χ4n) is 3.46. The van der Waals surface area contributed by atoms with Crippen LogP contribution in [-0.4, -0.2) is 20.6 Å². The van der Waals surface area contributed by atoms with Gasteiger partial charge in [-0.3, -0.25) is 4.79 Å². The molecule has 0 spiro atoms. The number of nitrogens with zero attached hydrogens (tertiary/aromatic N) is 3. The van der Waals surface area contributed by atoms with Crippen LogP contribution in [0.5, 0.6) is 0 Å². The van der Waals surface area contributed by atoms with E-state index in [9.17, 15) is 4.79 Å². The Bertz CT molecular complexity index is 1100. The van der Waals surface area contributed by atoms with Crippen molar-refractivity contribution < 1.29 is 13.7 Å². The van der Waals surface area contributed by atoms with Gasteiger partial charge in [0.1, 0.15) is 5.82 Å². The predicted octanol–water partition coefficient (Wildman–Crippen LogP) is 4.39. The zero-order valence-corrected chi connectivity index (χ0v) is 15.1. The number of nitrogens with one attached hydrogen (secondary N) is 1. The summed E-state index contributed by atoms with van der Waals surface area (Å²) in [4.78, 5) is 17.4. The summed E-state index contributed by atoms with van der Waals surface area (Å²) in [5.74, 6) is 1.68. The summed E-state index contributed by atoms with van der Waals surface area (Å²) in [6.45, 7) is 0.991. The third-order valence-corrected chi connectivity index (χ3v) is 4.87. The van der Waals surface area contributed by atoms with E-state index in [1.54, 1.807) is 18.2 Å². The fourth-order valence-corrected chi connectivity index (χ4v) is 3.46. The number of hydrogen-bond acceptors (Lipinski definition) is 5. The molecule has 0 atom stereocenters. The van der Waals surface area contributed by atoms with E-state index in [-0.39, 0.29) is 11.6 Å². The summed E-state index contributed by atoms with van der Waals surface area (Å²) >= 11 is 0. The van der Waals surface area contributed by atoms with Crippen LogP contribution in [0.3, 0.4) is 0 Å². The number of carbonyl (C=O) groups excluding carboxylic acids is 1. The first kappa shape index (κ1) is 16.6. The Morgan fingerprint density at radius 3 is 2.89 bits per heavy atom. The van der Waals surface area contributed by atoms with Gasteiger partial charge in [0.05, 0.1) is 17.6 Å². The van der Waals surface area contributed by atoms with Gasteiger partial charge in [-0.15, -0.1) is 0 Å². The number of hydrogen-bond donors (Lipinski definition) is 1. The van der Waals surface area contributed by atoms with Crippen LogP contribution in [0, 0.1) is 0 Å². The van der Waals surface area contributed by atoms with Crippen LogP contribution < -0.4 is 5.32 Å². The number of para-hydroxylation sites is 1. The highest BCUT2D eigenvalue weighted by molar-refractivity contribution is 6.05. The molecule has 1 aliphatic rings.